The second-order valence-electron chi connectivity index (χ2n) is 7.49. The molecule has 130 valence electrons. The van der Waals surface area contributed by atoms with Gasteiger partial charge in [-0.2, -0.15) is 0 Å². The van der Waals surface area contributed by atoms with Crippen molar-refractivity contribution in [2.75, 3.05) is 0 Å². The van der Waals surface area contributed by atoms with Gasteiger partial charge in [-0.05, 0) is 12.3 Å². The summed E-state index contributed by atoms with van der Waals surface area (Å²) in [5.74, 6) is 1.10. The Balaban J connectivity index is 1.65. The summed E-state index contributed by atoms with van der Waals surface area (Å²) in [6.45, 7) is 0. The monoisotopic (exact) mass is 308 g/mol. The van der Waals surface area contributed by atoms with Gasteiger partial charge in [0, 0.05) is 6.42 Å². The zero-order valence-electron chi connectivity index (χ0n) is 15.0. The van der Waals surface area contributed by atoms with Gasteiger partial charge in [0.05, 0.1) is 0 Å². The van der Waals surface area contributed by atoms with Gasteiger partial charge in [-0.3, -0.25) is 0 Å². The average molecular weight is 309 g/mol. The van der Waals surface area contributed by atoms with E-state index in [1.807, 2.05) is 0 Å². The molecule has 1 fully saturated rings. The molecule has 1 heteroatoms. The van der Waals surface area contributed by atoms with Crippen molar-refractivity contribution in [3.8, 4) is 0 Å². The maximum atomic E-state index is 10.2. The lowest BCUT2D eigenvalue weighted by molar-refractivity contribution is -0.107. The second kappa shape index (κ2) is 15.6. The molecular weight excluding hydrogens is 268 g/mol. The highest BCUT2D eigenvalue weighted by atomic mass is 16.1. The first-order valence-electron chi connectivity index (χ1n) is 10.4. The molecule has 0 aromatic heterocycles. The van der Waals surface area contributed by atoms with Crippen LogP contribution in [0.1, 0.15) is 122 Å². The Morgan fingerprint density at radius 1 is 0.591 bits per heavy atom. The first-order valence-corrected chi connectivity index (χ1v) is 10.4. The summed E-state index contributed by atoms with van der Waals surface area (Å²) < 4.78 is 0. The van der Waals surface area contributed by atoms with Gasteiger partial charge in [-0.25, -0.2) is 0 Å². The largest absolute Gasteiger partial charge is 0.303 e. The van der Waals surface area contributed by atoms with Crippen LogP contribution in [0.2, 0.25) is 0 Å². The third-order valence-corrected chi connectivity index (χ3v) is 5.41. The van der Waals surface area contributed by atoms with Crippen LogP contribution in [0, 0.1) is 5.92 Å². The molecule has 1 nitrogen and oxygen atoms in total. The Kier molecular flexibility index (Phi) is 13.9. The van der Waals surface area contributed by atoms with Gasteiger partial charge in [0.15, 0.2) is 0 Å². The highest BCUT2D eigenvalue weighted by Gasteiger charge is 2.13. The third-order valence-electron chi connectivity index (χ3n) is 5.41. The molecule has 0 atom stereocenters. The number of hydrogen-bond acceptors (Lipinski definition) is 1. The third kappa shape index (κ3) is 12.2. The fourth-order valence-corrected chi connectivity index (χ4v) is 3.90. The molecule has 0 N–H and O–H groups in total. The minimum absolute atomic E-state index is 0.765. The van der Waals surface area contributed by atoms with E-state index in [1.165, 1.54) is 109 Å². The average Bonchev–Trinajstić information content (AvgIpc) is 3.04. The van der Waals surface area contributed by atoms with Crippen molar-refractivity contribution in [1.29, 1.82) is 0 Å². The van der Waals surface area contributed by atoms with E-state index in [2.05, 4.69) is 0 Å². The molecule has 0 radical (unpaired) electrons. The molecule has 1 rings (SSSR count). The SMILES string of the molecule is O=CCCCCCCCCCCCCCCCC1CCCC1. The predicted octanol–water partition coefficient (Wildman–Crippen LogP) is 7.23. The number of unbranched alkanes of at least 4 members (excludes halogenated alkanes) is 13. The highest BCUT2D eigenvalue weighted by Crippen LogP contribution is 2.29. The van der Waals surface area contributed by atoms with Gasteiger partial charge >= 0.3 is 0 Å². The van der Waals surface area contributed by atoms with Gasteiger partial charge in [0.25, 0.3) is 0 Å². The highest BCUT2D eigenvalue weighted by molar-refractivity contribution is 5.48. The Bertz CT molecular complexity index is 230. The molecule has 1 aliphatic rings. The lowest BCUT2D eigenvalue weighted by atomic mass is 9.99. The van der Waals surface area contributed by atoms with Crippen molar-refractivity contribution in [1.82, 2.24) is 0 Å². The van der Waals surface area contributed by atoms with E-state index in [4.69, 9.17) is 0 Å². The van der Waals surface area contributed by atoms with Crippen LogP contribution in [-0.2, 0) is 4.79 Å². The quantitative estimate of drug-likeness (QED) is 0.217. The number of carbonyl (C=O) groups is 1. The zero-order valence-corrected chi connectivity index (χ0v) is 15.0. The Hall–Kier alpha value is -0.330. The summed E-state index contributed by atoms with van der Waals surface area (Å²) >= 11 is 0. The molecule has 0 aromatic carbocycles. The van der Waals surface area contributed by atoms with E-state index in [0.29, 0.717) is 0 Å². The van der Waals surface area contributed by atoms with Crippen LogP contribution in [0.3, 0.4) is 0 Å². The van der Waals surface area contributed by atoms with Crippen LogP contribution in [0.4, 0.5) is 0 Å². The van der Waals surface area contributed by atoms with Gasteiger partial charge in [-0.1, -0.05) is 109 Å². The second-order valence-corrected chi connectivity index (χ2v) is 7.49. The lowest BCUT2D eigenvalue weighted by Crippen LogP contribution is -1.92. The lowest BCUT2D eigenvalue weighted by Gasteiger charge is -2.08. The first-order chi connectivity index (χ1) is 10.9. The molecule has 22 heavy (non-hydrogen) atoms. The molecule has 0 unspecified atom stereocenters. The fraction of sp³-hybridized carbons (Fsp3) is 0.952. The van der Waals surface area contributed by atoms with Gasteiger partial charge in [0.2, 0.25) is 0 Å². The van der Waals surface area contributed by atoms with Gasteiger partial charge < -0.3 is 4.79 Å². The van der Waals surface area contributed by atoms with Crippen molar-refractivity contribution in [3.63, 3.8) is 0 Å². The van der Waals surface area contributed by atoms with Crippen LogP contribution in [0.15, 0.2) is 0 Å². The number of hydrogen-bond donors (Lipinski definition) is 0. The molecule has 1 saturated carbocycles. The summed E-state index contributed by atoms with van der Waals surface area (Å²) in [6, 6.07) is 0. The molecule has 0 aliphatic heterocycles. The van der Waals surface area contributed by atoms with Crippen molar-refractivity contribution in [2.24, 2.45) is 5.92 Å². The summed E-state index contributed by atoms with van der Waals surface area (Å²) in [5.41, 5.74) is 0. The topological polar surface area (TPSA) is 17.1 Å². The summed E-state index contributed by atoms with van der Waals surface area (Å²) in [7, 11) is 0. The normalized spacial score (nSPS) is 15.5. The Morgan fingerprint density at radius 3 is 1.45 bits per heavy atom. The Morgan fingerprint density at radius 2 is 1.00 bits per heavy atom. The van der Waals surface area contributed by atoms with E-state index >= 15 is 0 Å². The van der Waals surface area contributed by atoms with E-state index in [1.54, 1.807) is 0 Å². The van der Waals surface area contributed by atoms with Crippen LogP contribution in [0.25, 0.3) is 0 Å². The van der Waals surface area contributed by atoms with Crippen LogP contribution in [0.5, 0.6) is 0 Å². The fourth-order valence-electron chi connectivity index (χ4n) is 3.90. The van der Waals surface area contributed by atoms with Crippen LogP contribution >= 0.6 is 0 Å². The van der Waals surface area contributed by atoms with Crippen molar-refractivity contribution in [3.05, 3.63) is 0 Å². The molecule has 1 aliphatic carbocycles. The molecular formula is C21H40O. The maximum absolute atomic E-state index is 10.2. The minimum Gasteiger partial charge on any atom is -0.303 e. The minimum atomic E-state index is 0.765. The molecule has 0 heterocycles. The van der Waals surface area contributed by atoms with Crippen molar-refractivity contribution >= 4 is 6.29 Å². The number of aldehydes is 1. The van der Waals surface area contributed by atoms with Crippen LogP contribution in [-0.4, -0.2) is 6.29 Å². The standard InChI is InChI=1S/C21H40O/c22-20-16-12-10-8-6-4-2-1-3-5-7-9-11-13-17-21-18-14-15-19-21/h20-21H,1-19H2. The van der Waals surface area contributed by atoms with E-state index in [9.17, 15) is 4.79 Å². The molecule has 0 spiro atoms. The molecule has 0 bridgehead atoms. The van der Waals surface area contributed by atoms with E-state index < -0.39 is 0 Å². The van der Waals surface area contributed by atoms with Gasteiger partial charge in [-0.15, -0.1) is 0 Å². The van der Waals surface area contributed by atoms with Crippen molar-refractivity contribution < 1.29 is 4.79 Å². The number of carbonyl (C=O) groups excluding carboxylic acids is 1. The maximum Gasteiger partial charge on any atom is 0.119 e. The molecule has 0 saturated heterocycles. The molecule has 0 aromatic rings. The summed E-state index contributed by atoms with van der Waals surface area (Å²) in [6.07, 6.45) is 27.6. The van der Waals surface area contributed by atoms with Crippen LogP contribution < -0.4 is 0 Å². The predicted molar refractivity (Wildman–Crippen MR) is 97.3 cm³/mol. The van der Waals surface area contributed by atoms with Crippen molar-refractivity contribution in [2.45, 2.75) is 122 Å². The molecule has 0 amide bonds. The summed E-state index contributed by atoms with van der Waals surface area (Å²) in [5, 5.41) is 0. The Labute approximate surface area is 139 Å². The van der Waals surface area contributed by atoms with E-state index in [-0.39, 0.29) is 0 Å². The van der Waals surface area contributed by atoms with Gasteiger partial charge in [0.1, 0.15) is 6.29 Å². The number of rotatable bonds is 16. The first kappa shape index (κ1) is 19.7. The smallest absolute Gasteiger partial charge is 0.119 e. The summed E-state index contributed by atoms with van der Waals surface area (Å²) in [4.78, 5) is 10.2. The van der Waals surface area contributed by atoms with E-state index in [0.717, 1.165) is 25.0 Å². The zero-order chi connectivity index (χ0) is 15.7.